The molecule has 0 saturated carbocycles. The van der Waals surface area contributed by atoms with E-state index in [2.05, 4.69) is 59.1 Å². The van der Waals surface area contributed by atoms with Gasteiger partial charge < -0.3 is 14.0 Å². The van der Waals surface area contributed by atoms with Gasteiger partial charge in [0.05, 0.1) is 12.8 Å². The fourth-order valence-electron chi connectivity index (χ4n) is 3.86. The monoisotopic (exact) mass is 623 g/mol. The number of nitrogens with zero attached hydrogens (tertiary/aromatic N) is 2. The summed E-state index contributed by atoms with van der Waals surface area (Å²) in [4.78, 5) is 12.8. The van der Waals surface area contributed by atoms with Gasteiger partial charge in [0, 0.05) is 37.1 Å². The zero-order chi connectivity index (χ0) is 26.4. The second-order valence-electron chi connectivity index (χ2n) is 8.37. The summed E-state index contributed by atoms with van der Waals surface area (Å²) in [6.07, 6.45) is 1.58. The fraction of sp³-hybridized carbons (Fsp3) is 0.172. The normalized spacial score (nSPS) is 11.1. The summed E-state index contributed by atoms with van der Waals surface area (Å²) in [7, 11) is 0. The maximum absolute atomic E-state index is 12.8. The van der Waals surface area contributed by atoms with Crippen molar-refractivity contribution >= 4 is 44.0 Å². The molecule has 1 heterocycles. The summed E-state index contributed by atoms with van der Waals surface area (Å²) >= 11 is 7.02. The molecule has 190 valence electrons. The number of rotatable bonds is 9. The average Bonchev–Trinajstić information content (AvgIpc) is 3.23. The van der Waals surface area contributed by atoms with E-state index in [1.54, 1.807) is 12.3 Å². The van der Waals surface area contributed by atoms with Crippen LogP contribution in [0.2, 0.25) is 0 Å². The number of ether oxygens (including phenoxy) is 2. The van der Waals surface area contributed by atoms with Gasteiger partial charge in [-0.3, -0.25) is 4.79 Å². The molecule has 1 N–H and O–H groups in total. The molecule has 1 amide bonds. The number of aryl methyl sites for hydroxylation is 2. The number of hydrogen-bond acceptors (Lipinski definition) is 4. The van der Waals surface area contributed by atoms with E-state index in [1.807, 2.05) is 75.4 Å². The number of carbonyl (C=O) groups is 1. The second-order valence-corrected chi connectivity index (χ2v) is 10.1. The molecule has 0 radical (unpaired) electrons. The Hall–Kier alpha value is -3.36. The predicted octanol–water partition coefficient (Wildman–Crippen LogP) is 7.36. The van der Waals surface area contributed by atoms with Crippen LogP contribution >= 0.6 is 31.9 Å². The predicted molar refractivity (Wildman–Crippen MR) is 154 cm³/mol. The second kappa shape index (κ2) is 12.3. The number of hydrogen-bond donors (Lipinski definition) is 1. The summed E-state index contributed by atoms with van der Waals surface area (Å²) < 4.78 is 15.7. The molecule has 3 aromatic carbocycles. The highest BCUT2D eigenvalue weighted by Gasteiger charge is 2.12. The number of nitrogens with one attached hydrogen (secondary N) is 1. The van der Waals surface area contributed by atoms with Crippen LogP contribution in [0.5, 0.6) is 11.5 Å². The molecule has 4 rings (SSSR count). The summed E-state index contributed by atoms with van der Waals surface area (Å²) in [5.74, 6) is 0.919. The van der Waals surface area contributed by atoms with Crippen LogP contribution in [0.1, 0.15) is 39.8 Å². The molecule has 0 aliphatic carbocycles. The zero-order valence-corrected chi connectivity index (χ0v) is 24.0. The third-order valence-electron chi connectivity index (χ3n) is 5.68. The number of carbonyl (C=O) groups excluding carboxylic acids is 1. The number of amides is 1. The molecule has 0 atom stereocenters. The van der Waals surface area contributed by atoms with E-state index in [0.29, 0.717) is 30.3 Å². The lowest BCUT2D eigenvalue weighted by atomic mass is 10.2. The van der Waals surface area contributed by atoms with Gasteiger partial charge in [-0.2, -0.15) is 5.10 Å². The van der Waals surface area contributed by atoms with Crippen LogP contribution in [-0.2, 0) is 6.61 Å². The summed E-state index contributed by atoms with van der Waals surface area (Å²) in [6, 6.07) is 23.2. The highest BCUT2D eigenvalue weighted by Crippen LogP contribution is 2.34. The molecule has 0 aliphatic heterocycles. The first kappa shape index (κ1) is 26.7. The van der Waals surface area contributed by atoms with Crippen molar-refractivity contribution in [1.29, 1.82) is 0 Å². The maximum atomic E-state index is 12.8. The van der Waals surface area contributed by atoms with Crippen LogP contribution in [0.3, 0.4) is 0 Å². The maximum Gasteiger partial charge on any atom is 0.271 e. The number of benzene rings is 3. The molecule has 0 spiro atoms. The van der Waals surface area contributed by atoms with E-state index < -0.39 is 0 Å². The summed E-state index contributed by atoms with van der Waals surface area (Å²) in [5.41, 5.74) is 8.06. The molecule has 0 fully saturated rings. The zero-order valence-electron chi connectivity index (χ0n) is 20.8. The number of aromatic nitrogens is 1. The SMILES string of the molecule is CCOc1cc(/C=N\NC(=O)c2cccc(-n3c(C)ccc3C)c2)c(Br)cc1OCc1ccc(Br)cc1. The van der Waals surface area contributed by atoms with Gasteiger partial charge in [0.25, 0.3) is 5.91 Å². The largest absolute Gasteiger partial charge is 0.490 e. The standard InChI is InChI=1S/C29H27Br2N3O3/c1-4-36-27-15-23(26(31)16-28(27)37-18-21-10-12-24(30)13-11-21)17-32-33-29(35)22-6-5-7-25(14-22)34-19(2)8-9-20(34)3/h5-17H,4,18H2,1-3H3,(H,33,35)/b32-17-. The Morgan fingerprint density at radius 2 is 1.65 bits per heavy atom. The van der Waals surface area contributed by atoms with Gasteiger partial charge >= 0.3 is 0 Å². The van der Waals surface area contributed by atoms with Crippen molar-refractivity contribution in [2.75, 3.05) is 6.61 Å². The molecule has 0 aliphatic rings. The van der Waals surface area contributed by atoms with E-state index >= 15 is 0 Å². The molecule has 6 nitrogen and oxygen atoms in total. The molecule has 4 aromatic rings. The molecule has 0 saturated heterocycles. The van der Waals surface area contributed by atoms with Crippen molar-refractivity contribution in [3.63, 3.8) is 0 Å². The Labute approximate surface area is 233 Å². The molecule has 8 heteroatoms. The first-order valence-electron chi connectivity index (χ1n) is 11.8. The van der Waals surface area contributed by atoms with Crippen LogP contribution < -0.4 is 14.9 Å². The third kappa shape index (κ3) is 6.70. The Morgan fingerprint density at radius 1 is 0.946 bits per heavy atom. The Balaban J connectivity index is 1.46. The van der Waals surface area contributed by atoms with Crippen molar-refractivity contribution in [1.82, 2.24) is 9.99 Å². The Morgan fingerprint density at radius 3 is 2.35 bits per heavy atom. The summed E-state index contributed by atoms with van der Waals surface area (Å²) in [5, 5.41) is 4.18. The van der Waals surface area contributed by atoms with Crippen LogP contribution in [-0.4, -0.2) is 23.3 Å². The first-order valence-corrected chi connectivity index (χ1v) is 13.4. The Kier molecular flexibility index (Phi) is 8.84. The molecule has 0 bridgehead atoms. The van der Waals surface area contributed by atoms with E-state index in [-0.39, 0.29) is 5.91 Å². The lowest BCUT2D eigenvalue weighted by molar-refractivity contribution is 0.0955. The van der Waals surface area contributed by atoms with Crippen LogP contribution in [0.4, 0.5) is 0 Å². The molecular weight excluding hydrogens is 598 g/mol. The number of hydrazone groups is 1. The van der Waals surface area contributed by atoms with Crippen LogP contribution in [0, 0.1) is 13.8 Å². The lowest BCUT2D eigenvalue weighted by Gasteiger charge is -2.14. The third-order valence-corrected chi connectivity index (χ3v) is 6.89. The average molecular weight is 625 g/mol. The van der Waals surface area contributed by atoms with Gasteiger partial charge in [0.15, 0.2) is 11.5 Å². The topological polar surface area (TPSA) is 64.8 Å². The van der Waals surface area contributed by atoms with Crippen molar-refractivity contribution in [2.24, 2.45) is 5.10 Å². The van der Waals surface area contributed by atoms with Gasteiger partial charge in [-0.1, -0.05) is 34.1 Å². The minimum atomic E-state index is -0.295. The van der Waals surface area contributed by atoms with E-state index in [1.165, 1.54) is 0 Å². The lowest BCUT2D eigenvalue weighted by Crippen LogP contribution is -2.18. The van der Waals surface area contributed by atoms with Crippen molar-refractivity contribution in [2.45, 2.75) is 27.4 Å². The first-order chi connectivity index (χ1) is 17.9. The van der Waals surface area contributed by atoms with Crippen molar-refractivity contribution in [3.8, 4) is 17.2 Å². The van der Waals surface area contributed by atoms with Crippen LogP contribution in [0.15, 0.2) is 86.8 Å². The minimum Gasteiger partial charge on any atom is -0.490 e. The molecule has 0 unspecified atom stereocenters. The van der Waals surface area contributed by atoms with Crippen molar-refractivity contribution in [3.05, 3.63) is 110 Å². The van der Waals surface area contributed by atoms with Gasteiger partial charge in [0.2, 0.25) is 0 Å². The van der Waals surface area contributed by atoms with Crippen molar-refractivity contribution < 1.29 is 14.3 Å². The van der Waals surface area contributed by atoms with Gasteiger partial charge in [-0.15, -0.1) is 0 Å². The summed E-state index contributed by atoms with van der Waals surface area (Å²) in [6.45, 7) is 6.88. The quantitative estimate of drug-likeness (QED) is 0.156. The van der Waals surface area contributed by atoms with Crippen LogP contribution in [0.25, 0.3) is 5.69 Å². The highest BCUT2D eigenvalue weighted by atomic mass is 79.9. The molecule has 37 heavy (non-hydrogen) atoms. The van der Waals surface area contributed by atoms with Gasteiger partial charge in [0.1, 0.15) is 6.61 Å². The Bertz CT molecular complexity index is 1410. The highest BCUT2D eigenvalue weighted by molar-refractivity contribution is 9.10. The number of halogens is 2. The molecular formula is C29H27Br2N3O3. The van der Waals surface area contributed by atoms with E-state index in [4.69, 9.17) is 9.47 Å². The molecule has 1 aromatic heterocycles. The van der Waals surface area contributed by atoms with Gasteiger partial charge in [-0.25, -0.2) is 5.43 Å². The smallest absolute Gasteiger partial charge is 0.271 e. The minimum absolute atomic E-state index is 0.295. The fourth-order valence-corrected chi connectivity index (χ4v) is 4.55. The van der Waals surface area contributed by atoms with E-state index in [9.17, 15) is 4.79 Å². The van der Waals surface area contributed by atoms with Gasteiger partial charge in [-0.05, 0) is 96.9 Å². The van der Waals surface area contributed by atoms with E-state index in [0.717, 1.165) is 37.1 Å².